The molecule has 0 bridgehead atoms. The maximum Gasteiger partial charge on any atom is 0.0260 e. The van der Waals surface area contributed by atoms with Crippen molar-refractivity contribution >= 4 is 11.8 Å². The van der Waals surface area contributed by atoms with E-state index in [1.165, 1.54) is 50.0 Å². The van der Waals surface area contributed by atoms with Crippen LogP contribution in [0.1, 0.15) is 37.7 Å². The van der Waals surface area contributed by atoms with E-state index in [0.717, 1.165) is 11.3 Å². The third-order valence-electron chi connectivity index (χ3n) is 3.95. The fourth-order valence-corrected chi connectivity index (χ4v) is 4.23. The van der Waals surface area contributed by atoms with Gasteiger partial charge in [-0.3, -0.25) is 0 Å². The Hall–Kier alpha value is -0.470. The summed E-state index contributed by atoms with van der Waals surface area (Å²) in [5.41, 5.74) is 1.55. The zero-order valence-electron chi connectivity index (χ0n) is 10.3. The predicted octanol–water partition coefficient (Wildman–Crippen LogP) is 3.63. The van der Waals surface area contributed by atoms with Crippen molar-refractivity contribution in [2.75, 3.05) is 6.54 Å². The van der Waals surface area contributed by atoms with Gasteiger partial charge in [0, 0.05) is 22.7 Å². The van der Waals surface area contributed by atoms with Crippen LogP contribution in [-0.2, 0) is 6.42 Å². The topological polar surface area (TPSA) is 12.0 Å². The first-order valence-corrected chi connectivity index (χ1v) is 7.78. The second-order valence-corrected chi connectivity index (χ2v) is 6.64. The van der Waals surface area contributed by atoms with Gasteiger partial charge in [0.05, 0.1) is 0 Å². The molecule has 2 aliphatic rings. The Bertz CT molecular complexity index is 346. The summed E-state index contributed by atoms with van der Waals surface area (Å²) in [6.45, 7) is 1.18. The van der Waals surface area contributed by atoms with E-state index in [4.69, 9.17) is 0 Å². The standard InChI is InChI=1S/C15H21NS/c1-2-7-13(8-3-1)16-11-14-10-12-6-4-5-9-15(12)17-14/h4-6,9,13-14,16H,1-3,7-8,10-11H2. The minimum Gasteiger partial charge on any atom is -0.313 e. The van der Waals surface area contributed by atoms with Crippen LogP contribution in [0.2, 0.25) is 0 Å². The normalized spacial score (nSPS) is 24.8. The molecule has 1 aliphatic carbocycles. The summed E-state index contributed by atoms with van der Waals surface area (Å²) in [5, 5.41) is 4.54. The third-order valence-corrected chi connectivity index (χ3v) is 5.27. The van der Waals surface area contributed by atoms with Crippen molar-refractivity contribution in [1.82, 2.24) is 5.32 Å². The molecule has 0 aromatic heterocycles. The van der Waals surface area contributed by atoms with Crippen molar-refractivity contribution in [3.63, 3.8) is 0 Å². The van der Waals surface area contributed by atoms with Crippen molar-refractivity contribution < 1.29 is 0 Å². The van der Waals surface area contributed by atoms with Gasteiger partial charge in [-0.05, 0) is 30.9 Å². The van der Waals surface area contributed by atoms with Crippen LogP contribution in [-0.4, -0.2) is 17.8 Å². The summed E-state index contributed by atoms with van der Waals surface area (Å²) >= 11 is 2.06. The molecule has 1 nitrogen and oxygen atoms in total. The average Bonchev–Trinajstić information content (AvgIpc) is 2.80. The Labute approximate surface area is 108 Å². The van der Waals surface area contributed by atoms with Gasteiger partial charge >= 0.3 is 0 Å². The summed E-state index contributed by atoms with van der Waals surface area (Å²) in [5.74, 6) is 0. The molecule has 3 rings (SSSR count). The monoisotopic (exact) mass is 247 g/mol. The fraction of sp³-hybridized carbons (Fsp3) is 0.600. The van der Waals surface area contributed by atoms with Crippen LogP contribution in [0.4, 0.5) is 0 Å². The summed E-state index contributed by atoms with van der Waals surface area (Å²) < 4.78 is 0. The molecule has 1 unspecified atom stereocenters. The van der Waals surface area contributed by atoms with Crippen LogP contribution < -0.4 is 5.32 Å². The molecule has 0 saturated heterocycles. The van der Waals surface area contributed by atoms with E-state index >= 15 is 0 Å². The van der Waals surface area contributed by atoms with E-state index in [2.05, 4.69) is 41.3 Å². The van der Waals surface area contributed by atoms with Crippen molar-refractivity contribution in [1.29, 1.82) is 0 Å². The van der Waals surface area contributed by atoms with Crippen LogP contribution in [0.15, 0.2) is 29.2 Å². The van der Waals surface area contributed by atoms with E-state index in [-0.39, 0.29) is 0 Å². The lowest BCUT2D eigenvalue weighted by Crippen LogP contribution is -2.35. The van der Waals surface area contributed by atoms with Crippen molar-refractivity contribution in [3.8, 4) is 0 Å². The molecular weight excluding hydrogens is 226 g/mol. The summed E-state index contributed by atoms with van der Waals surface area (Å²) in [6.07, 6.45) is 8.34. The van der Waals surface area contributed by atoms with Crippen molar-refractivity contribution in [2.24, 2.45) is 0 Å². The molecule has 1 fully saturated rings. The Morgan fingerprint density at radius 2 is 1.94 bits per heavy atom. The number of rotatable bonds is 3. The molecule has 1 atom stereocenters. The highest BCUT2D eigenvalue weighted by atomic mass is 32.2. The van der Waals surface area contributed by atoms with Crippen molar-refractivity contribution in [3.05, 3.63) is 29.8 Å². The molecule has 92 valence electrons. The molecule has 1 aliphatic heterocycles. The van der Waals surface area contributed by atoms with Gasteiger partial charge in [-0.1, -0.05) is 37.5 Å². The fourth-order valence-electron chi connectivity index (χ4n) is 2.97. The minimum absolute atomic E-state index is 0.759. The Kier molecular flexibility index (Phi) is 3.72. The van der Waals surface area contributed by atoms with Gasteiger partial charge in [0.15, 0.2) is 0 Å². The van der Waals surface area contributed by atoms with Gasteiger partial charge < -0.3 is 5.32 Å². The molecule has 1 aromatic carbocycles. The Morgan fingerprint density at radius 3 is 2.76 bits per heavy atom. The first-order valence-electron chi connectivity index (χ1n) is 6.90. The molecule has 1 aromatic rings. The summed E-state index contributed by atoms with van der Waals surface area (Å²) in [4.78, 5) is 1.50. The van der Waals surface area contributed by atoms with Gasteiger partial charge in [0.2, 0.25) is 0 Å². The van der Waals surface area contributed by atoms with Gasteiger partial charge in [-0.15, -0.1) is 11.8 Å². The first-order chi connectivity index (χ1) is 8.42. The zero-order valence-corrected chi connectivity index (χ0v) is 11.1. The zero-order chi connectivity index (χ0) is 11.5. The second-order valence-electron chi connectivity index (χ2n) is 5.29. The quantitative estimate of drug-likeness (QED) is 0.875. The molecule has 17 heavy (non-hydrogen) atoms. The van der Waals surface area contributed by atoms with Crippen LogP contribution in [0, 0.1) is 0 Å². The third kappa shape index (κ3) is 2.86. The highest BCUT2D eigenvalue weighted by molar-refractivity contribution is 8.00. The van der Waals surface area contributed by atoms with Gasteiger partial charge in [0.1, 0.15) is 0 Å². The van der Waals surface area contributed by atoms with E-state index in [1.54, 1.807) is 5.56 Å². The van der Waals surface area contributed by atoms with Gasteiger partial charge in [-0.25, -0.2) is 0 Å². The highest BCUT2D eigenvalue weighted by Crippen LogP contribution is 2.36. The highest BCUT2D eigenvalue weighted by Gasteiger charge is 2.22. The molecule has 1 heterocycles. The van der Waals surface area contributed by atoms with Crippen LogP contribution in [0.25, 0.3) is 0 Å². The van der Waals surface area contributed by atoms with Crippen LogP contribution in [0.5, 0.6) is 0 Å². The molecular formula is C15H21NS. The number of thioether (sulfide) groups is 1. The largest absolute Gasteiger partial charge is 0.313 e. The average molecular weight is 247 g/mol. The Balaban J connectivity index is 1.48. The lowest BCUT2D eigenvalue weighted by atomic mass is 9.95. The first kappa shape index (κ1) is 11.6. The molecule has 1 saturated carbocycles. The lowest BCUT2D eigenvalue weighted by Gasteiger charge is -2.24. The number of hydrogen-bond donors (Lipinski definition) is 1. The number of fused-ring (bicyclic) bond motifs is 1. The minimum atomic E-state index is 0.759. The number of nitrogens with one attached hydrogen (secondary N) is 1. The van der Waals surface area contributed by atoms with Gasteiger partial charge in [-0.2, -0.15) is 0 Å². The van der Waals surface area contributed by atoms with Gasteiger partial charge in [0.25, 0.3) is 0 Å². The second kappa shape index (κ2) is 5.45. The lowest BCUT2D eigenvalue weighted by molar-refractivity contribution is 0.374. The summed E-state index contributed by atoms with van der Waals surface area (Å²) in [7, 11) is 0. The maximum absolute atomic E-state index is 3.78. The maximum atomic E-state index is 3.78. The SMILES string of the molecule is c1ccc2c(c1)CC(CNC1CCCCC1)S2. The van der Waals surface area contributed by atoms with Crippen LogP contribution in [0.3, 0.4) is 0 Å². The predicted molar refractivity (Wildman–Crippen MR) is 74.7 cm³/mol. The molecule has 2 heteroatoms. The summed E-state index contributed by atoms with van der Waals surface area (Å²) in [6, 6.07) is 9.66. The van der Waals surface area contributed by atoms with E-state index in [9.17, 15) is 0 Å². The van der Waals surface area contributed by atoms with E-state index < -0.39 is 0 Å². The van der Waals surface area contributed by atoms with E-state index in [1.807, 2.05) is 0 Å². The molecule has 0 amide bonds. The molecule has 0 radical (unpaired) electrons. The number of benzene rings is 1. The number of hydrogen-bond acceptors (Lipinski definition) is 2. The molecule has 1 N–H and O–H groups in total. The smallest absolute Gasteiger partial charge is 0.0260 e. The Morgan fingerprint density at radius 1 is 1.12 bits per heavy atom. The molecule has 0 spiro atoms. The van der Waals surface area contributed by atoms with Crippen LogP contribution >= 0.6 is 11.8 Å². The van der Waals surface area contributed by atoms with E-state index in [0.29, 0.717) is 0 Å². The van der Waals surface area contributed by atoms with Crippen molar-refractivity contribution in [2.45, 2.75) is 54.7 Å².